The van der Waals surface area contributed by atoms with Gasteiger partial charge in [0.2, 0.25) is 6.29 Å². The standard InChI is InChI=1S/C14H14O4S/c1-10-2-4-11(5-3-10)19(15)12-6-7-16-13(12)14-17-8-9-18-14/h2-7,14H,8-9H2,1H3. The minimum absolute atomic E-state index is 0.497. The largest absolute Gasteiger partial charge is 0.463 e. The molecule has 0 aliphatic carbocycles. The number of furan rings is 1. The van der Waals surface area contributed by atoms with Crippen LogP contribution in [0.4, 0.5) is 0 Å². The van der Waals surface area contributed by atoms with Gasteiger partial charge in [-0.3, -0.25) is 0 Å². The van der Waals surface area contributed by atoms with E-state index < -0.39 is 17.1 Å². The number of ether oxygens (including phenoxy) is 2. The number of aryl methyl sites for hydroxylation is 1. The molecule has 1 atom stereocenters. The van der Waals surface area contributed by atoms with Crippen LogP contribution in [0.15, 0.2) is 50.8 Å². The minimum Gasteiger partial charge on any atom is -0.463 e. The zero-order valence-electron chi connectivity index (χ0n) is 10.5. The van der Waals surface area contributed by atoms with E-state index in [9.17, 15) is 4.21 Å². The first kappa shape index (κ1) is 12.6. The highest BCUT2D eigenvalue weighted by Gasteiger charge is 2.27. The van der Waals surface area contributed by atoms with Crippen molar-refractivity contribution in [3.8, 4) is 0 Å². The summed E-state index contributed by atoms with van der Waals surface area (Å²) in [6.07, 6.45) is 0.973. The van der Waals surface area contributed by atoms with E-state index in [0.29, 0.717) is 23.9 Å². The molecule has 100 valence electrons. The summed E-state index contributed by atoms with van der Waals surface area (Å²) < 4.78 is 28.7. The normalized spacial score (nSPS) is 17.7. The third-order valence-electron chi connectivity index (χ3n) is 2.93. The van der Waals surface area contributed by atoms with Gasteiger partial charge in [-0.25, -0.2) is 4.21 Å². The smallest absolute Gasteiger partial charge is 0.218 e. The maximum absolute atomic E-state index is 12.5. The number of rotatable bonds is 3. The van der Waals surface area contributed by atoms with Crippen LogP contribution in [0.1, 0.15) is 17.6 Å². The van der Waals surface area contributed by atoms with Gasteiger partial charge < -0.3 is 13.9 Å². The molecular formula is C14H14O4S. The molecule has 2 heterocycles. The third kappa shape index (κ3) is 2.49. The highest BCUT2D eigenvalue weighted by molar-refractivity contribution is 7.85. The Bertz CT molecular complexity index is 582. The highest BCUT2D eigenvalue weighted by Crippen LogP contribution is 2.31. The van der Waals surface area contributed by atoms with Gasteiger partial charge in [-0.05, 0) is 25.1 Å². The van der Waals surface area contributed by atoms with Gasteiger partial charge in [0.25, 0.3) is 0 Å². The van der Waals surface area contributed by atoms with E-state index in [1.807, 2.05) is 31.2 Å². The molecule has 2 aromatic rings. The zero-order valence-corrected chi connectivity index (χ0v) is 11.3. The molecule has 19 heavy (non-hydrogen) atoms. The average Bonchev–Trinajstić information content (AvgIpc) is 3.09. The van der Waals surface area contributed by atoms with Gasteiger partial charge in [-0.2, -0.15) is 0 Å². The lowest BCUT2D eigenvalue weighted by atomic mass is 10.2. The van der Waals surface area contributed by atoms with Crippen molar-refractivity contribution >= 4 is 10.8 Å². The fraction of sp³-hybridized carbons (Fsp3) is 0.286. The van der Waals surface area contributed by atoms with E-state index in [1.54, 1.807) is 6.07 Å². The van der Waals surface area contributed by atoms with Crippen molar-refractivity contribution in [3.05, 3.63) is 47.9 Å². The van der Waals surface area contributed by atoms with Crippen LogP contribution in [0.5, 0.6) is 0 Å². The monoisotopic (exact) mass is 278 g/mol. The van der Waals surface area contributed by atoms with E-state index >= 15 is 0 Å². The van der Waals surface area contributed by atoms with Crippen molar-refractivity contribution < 1.29 is 18.1 Å². The molecule has 0 N–H and O–H groups in total. The van der Waals surface area contributed by atoms with Crippen molar-refractivity contribution in [2.24, 2.45) is 0 Å². The molecule has 0 bridgehead atoms. The predicted molar refractivity (Wildman–Crippen MR) is 69.2 cm³/mol. The summed E-state index contributed by atoms with van der Waals surface area (Å²) in [5.41, 5.74) is 1.13. The van der Waals surface area contributed by atoms with Gasteiger partial charge in [0.1, 0.15) is 0 Å². The second-order valence-electron chi connectivity index (χ2n) is 4.30. The number of benzene rings is 1. The Morgan fingerprint density at radius 1 is 1.11 bits per heavy atom. The van der Waals surface area contributed by atoms with Crippen LogP contribution in [-0.2, 0) is 20.3 Å². The Hall–Kier alpha value is -1.43. The molecular weight excluding hydrogens is 264 g/mol. The Kier molecular flexibility index (Phi) is 3.50. The summed E-state index contributed by atoms with van der Waals surface area (Å²) in [4.78, 5) is 1.35. The average molecular weight is 278 g/mol. The van der Waals surface area contributed by atoms with Crippen LogP contribution in [0.25, 0.3) is 0 Å². The molecule has 0 saturated carbocycles. The second-order valence-corrected chi connectivity index (χ2v) is 5.75. The van der Waals surface area contributed by atoms with Crippen molar-refractivity contribution in [2.75, 3.05) is 13.2 Å². The lowest BCUT2D eigenvalue weighted by Crippen LogP contribution is -2.02. The Labute approximate surface area is 113 Å². The van der Waals surface area contributed by atoms with E-state index in [1.165, 1.54) is 6.26 Å². The Morgan fingerprint density at radius 2 is 1.79 bits per heavy atom. The first-order valence-corrected chi connectivity index (χ1v) is 7.20. The number of hydrogen-bond donors (Lipinski definition) is 0. The fourth-order valence-corrected chi connectivity index (χ4v) is 3.08. The topological polar surface area (TPSA) is 48.7 Å². The minimum atomic E-state index is -1.29. The third-order valence-corrected chi connectivity index (χ3v) is 4.36. The maximum Gasteiger partial charge on any atom is 0.218 e. The Morgan fingerprint density at radius 3 is 2.47 bits per heavy atom. The Balaban J connectivity index is 1.91. The summed E-state index contributed by atoms with van der Waals surface area (Å²) in [7, 11) is -1.29. The summed E-state index contributed by atoms with van der Waals surface area (Å²) in [6, 6.07) is 9.30. The lowest BCUT2D eigenvalue weighted by Gasteiger charge is -2.08. The van der Waals surface area contributed by atoms with Crippen LogP contribution >= 0.6 is 0 Å². The van der Waals surface area contributed by atoms with Crippen LogP contribution in [0.3, 0.4) is 0 Å². The maximum atomic E-state index is 12.5. The highest BCUT2D eigenvalue weighted by atomic mass is 32.2. The first-order chi connectivity index (χ1) is 9.25. The van der Waals surface area contributed by atoms with Crippen LogP contribution < -0.4 is 0 Å². The van der Waals surface area contributed by atoms with Crippen molar-refractivity contribution in [2.45, 2.75) is 23.0 Å². The fourth-order valence-electron chi connectivity index (χ4n) is 1.93. The summed E-state index contributed by atoms with van der Waals surface area (Å²) in [5, 5.41) is 0. The quantitative estimate of drug-likeness (QED) is 0.866. The number of hydrogen-bond acceptors (Lipinski definition) is 4. The van der Waals surface area contributed by atoms with Crippen LogP contribution in [0, 0.1) is 6.92 Å². The second kappa shape index (κ2) is 5.28. The SMILES string of the molecule is Cc1ccc(S(=O)c2ccoc2C2OCCO2)cc1. The van der Waals surface area contributed by atoms with Crippen molar-refractivity contribution in [3.63, 3.8) is 0 Å². The van der Waals surface area contributed by atoms with Gasteiger partial charge in [-0.15, -0.1) is 0 Å². The van der Waals surface area contributed by atoms with Crippen LogP contribution in [-0.4, -0.2) is 17.4 Å². The molecule has 1 aliphatic rings. The molecule has 1 fully saturated rings. The molecule has 3 rings (SSSR count). The van der Waals surface area contributed by atoms with Gasteiger partial charge in [0.05, 0.1) is 35.2 Å². The molecule has 5 heteroatoms. The molecule has 4 nitrogen and oxygen atoms in total. The molecule has 1 aromatic heterocycles. The first-order valence-electron chi connectivity index (χ1n) is 6.05. The van der Waals surface area contributed by atoms with Gasteiger partial charge >= 0.3 is 0 Å². The molecule has 0 spiro atoms. The van der Waals surface area contributed by atoms with E-state index in [2.05, 4.69) is 0 Å². The summed E-state index contributed by atoms with van der Waals surface area (Å²) >= 11 is 0. The molecule has 1 unspecified atom stereocenters. The predicted octanol–water partition coefficient (Wildman–Crippen LogP) is 2.80. The zero-order chi connectivity index (χ0) is 13.2. The lowest BCUT2D eigenvalue weighted by molar-refractivity contribution is -0.0612. The van der Waals surface area contributed by atoms with Crippen molar-refractivity contribution in [1.29, 1.82) is 0 Å². The van der Waals surface area contributed by atoms with Crippen LogP contribution in [0.2, 0.25) is 0 Å². The molecule has 1 aliphatic heterocycles. The summed E-state index contributed by atoms with van der Waals surface area (Å²) in [5.74, 6) is 0.497. The van der Waals surface area contributed by atoms with Gasteiger partial charge in [-0.1, -0.05) is 17.7 Å². The molecule has 1 aromatic carbocycles. The van der Waals surface area contributed by atoms with E-state index in [4.69, 9.17) is 13.9 Å². The summed E-state index contributed by atoms with van der Waals surface area (Å²) in [6.45, 7) is 3.06. The molecule has 0 amide bonds. The molecule has 1 saturated heterocycles. The van der Waals surface area contributed by atoms with Gasteiger partial charge in [0, 0.05) is 4.90 Å². The van der Waals surface area contributed by atoms with E-state index in [0.717, 1.165) is 10.5 Å². The van der Waals surface area contributed by atoms with Crippen molar-refractivity contribution in [1.82, 2.24) is 0 Å². The molecule has 0 radical (unpaired) electrons. The van der Waals surface area contributed by atoms with Gasteiger partial charge in [0.15, 0.2) is 5.76 Å². The van der Waals surface area contributed by atoms with E-state index in [-0.39, 0.29) is 0 Å².